The van der Waals surface area contributed by atoms with Gasteiger partial charge in [0.2, 0.25) is 5.91 Å². The van der Waals surface area contributed by atoms with Crippen LogP contribution in [-0.4, -0.2) is 36.3 Å². The van der Waals surface area contributed by atoms with Gasteiger partial charge in [0.25, 0.3) is 5.91 Å². The van der Waals surface area contributed by atoms with E-state index >= 15 is 0 Å². The van der Waals surface area contributed by atoms with E-state index in [4.69, 9.17) is 0 Å². The molecule has 0 radical (unpaired) electrons. The van der Waals surface area contributed by atoms with Gasteiger partial charge in [0, 0.05) is 31.6 Å². The Bertz CT molecular complexity index is 438. The van der Waals surface area contributed by atoms with Gasteiger partial charge in [-0.15, -0.1) is 0 Å². The zero-order valence-corrected chi connectivity index (χ0v) is 13.8. The van der Waals surface area contributed by atoms with Crippen molar-refractivity contribution >= 4 is 11.8 Å². The van der Waals surface area contributed by atoms with Crippen molar-refractivity contribution in [2.75, 3.05) is 19.6 Å². The second kappa shape index (κ2) is 10.8. The minimum absolute atomic E-state index is 0.123. The van der Waals surface area contributed by atoms with Gasteiger partial charge in [-0.3, -0.25) is 9.59 Å². The van der Waals surface area contributed by atoms with Crippen molar-refractivity contribution in [2.24, 2.45) is 0 Å². The van der Waals surface area contributed by atoms with Crippen LogP contribution in [0, 0.1) is 0 Å². The molecule has 1 aromatic rings. The fraction of sp³-hybridized carbons (Fsp3) is 0.556. The molecule has 0 heterocycles. The highest BCUT2D eigenvalue weighted by molar-refractivity contribution is 5.94. The van der Waals surface area contributed by atoms with Gasteiger partial charge in [0.1, 0.15) is 0 Å². The van der Waals surface area contributed by atoms with Crippen LogP contribution < -0.4 is 5.32 Å². The molecule has 1 aromatic carbocycles. The standard InChI is InChI=1S/C18H28N2O2/c1-3-5-14-20(15-6-4-2)17(21)12-13-19-18(22)16-10-8-7-9-11-16/h7-11H,3-6,12-15H2,1-2H3,(H,19,22). The first-order valence-corrected chi connectivity index (χ1v) is 8.30. The third-order valence-electron chi connectivity index (χ3n) is 3.58. The maximum absolute atomic E-state index is 12.2. The van der Waals surface area contributed by atoms with E-state index in [-0.39, 0.29) is 11.8 Å². The Morgan fingerprint density at radius 2 is 1.59 bits per heavy atom. The maximum Gasteiger partial charge on any atom is 0.251 e. The number of carbonyl (C=O) groups excluding carboxylic acids is 2. The largest absolute Gasteiger partial charge is 0.352 e. The second-order valence-corrected chi connectivity index (χ2v) is 5.46. The van der Waals surface area contributed by atoms with E-state index < -0.39 is 0 Å². The van der Waals surface area contributed by atoms with Crippen molar-refractivity contribution < 1.29 is 9.59 Å². The van der Waals surface area contributed by atoms with Crippen LogP contribution in [0.15, 0.2) is 30.3 Å². The second-order valence-electron chi connectivity index (χ2n) is 5.46. The molecule has 2 amide bonds. The van der Waals surface area contributed by atoms with E-state index in [1.54, 1.807) is 12.1 Å². The Hall–Kier alpha value is -1.84. The van der Waals surface area contributed by atoms with E-state index in [2.05, 4.69) is 19.2 Å². The zero-order chi connectivity index (χ0) is 16.2. The quantitative estimate of drug-likeness (QED) is 0.721. The maximum atomic E-state index is 12.2. The summed E-state index contributed by atoms with van der Waals surface area (Å²) >= 11 is 0. The molecule has 122 valence electrons. The zero-order valence-electron chi connectivity index (χ0n) is 13.8. The summed E-state index contributed by atoms with van der Waals surface area (Å²) in [6, 6.07) is 9.08. The third-order valence-corrected chi connectivity index (χ3v) is 3.58. The molecule has 0 aliphatic rings. The van der Waals surface area contributed by atoms with Gasteiger partial charge in [0.05, 0.1) is 0 Å². The number of nitrogens with zero attached hydrogens (tertiary/aromatic N) is 1. The SMILES string of the molecule is CCCCN(CCCC)C(=O)CCNC(=O)c1ccccc1. The molecular formula is C18H28N2O2. The summed E-state index contributed by atoms with van der Waals surface area (Å²) in [5, 5.41) is 2.81. The molecule has 0 bridgehead atoms. The summed E-state index contributed by atoms with van der Waals surface area (Å²) in [4.78, 5) is 26.1. The molecule has 0 spiro atoms. The summed E-state index contributed by atoms with van der Waals surface area (Å²) in [5.41, 5.74) is 0.628. The van der Waals surface area contributed by atoms with Crippen LogP contribution in [-0.2, 0) is 4.79 Å². The van der Waals surface area contributed by atoms with Crippen molar-refractivity contribution in [3.05, 3.63) is 35.9 Å². The first-order valence-electron chi connectivity index (χ1n) is 8.30. The highest BCUT2D eigenvalue weighted by atomic mass is 16.2. The lowest BCUT2D eigenvalue weighted by Crippen LogP contribution is -2.35. The molecular weight excluding hydrogens is 276 g/mol. The average Bonchev–Trinajstić information content (AvgIpc) is 2.55. The Kier molecular flexibility index (Phi) is 8.96. The Labute approximate surface area is 133 Å². The predicted molar refractivity (Wildman–Crippen MR) is 89.8 cm³/mol. The number of hydrogen-bond acceptors (Lipinski definition) is 2. The van der Waals surface area contributed by atoms with Crippen LogP contribution in [0.4, 0.5) is 0 Å². The number of nitrogens with one attached hydrogen (secondary N) is 1. The van der Waals surface area contributed by atoms with Crippen LogP contribution in [0.2, 0.25) is 0 Å². The first-order chi connectivity index (χ1) is 10.7. The van der Waals surface area contributed by atoms with Crippen molar-refractivity contribution in [2.45, 2.75) is 46.0 Å². The topological polar surface area (TPSA) is 49.4 Å². The van der Waals surface area contributed by atoms with Gasteiger partial charge in [-0.25, -0.2) is 0 Å². The Morgan fingerprint density at radius 1 is 1.00 bits per heavy atom. The lowest BCUT2D eigenvalue weighted by atomic mass is 10.2. The monoisotopic (exact) mass is 304 g/mol. The number of benzene rings is 1. The molecule has 0 aromatic heterocycles. The van der Waals surface area contributed by atoms with Crippen LogP contribution >= 0.6 is 0 Å². The normalized spacial score (nSPS) is 10.3. The number of amides is 2. The first kappa shape index (κ1) is 18.2. The summed E-state index contributed by atoms with van der Waals surface area (Å²) in [6.45, 7) is 6.29. The van der Waals surface area contributed by atoms with Crippen molar-refractivity contribution in [3.8, 4) is 0 Å². The molecule has 1 rings (SSSR count). The van der Waals surface area contributed by atoms with Crippen molar-refractivity contribution in [3.63, 3.8) is 0 Å². The number of hydrogen-bond donors (Lipinski definition) is 1. The fourth-order valence-corrected chi connectivity index (χ4v) is 2.19. The Balaban J connectivity index is 2.37. The van der Waals surface area contributed by atoms with Crippen molar-refractivity contribution in [1.82, 2.24) is 10.2 Å². The molecule has 0 saturated heterocycles. The van der Waals surface area contributed by atoms with Crippen LogP contribution in [0.3, 0.4) is 0 Å². The third kappa shape index (κ3) is 6.74. The molecule has 4 heteroatoms. The molecule has 0 aliphatic carbocycles. The van der Waals surface area contributed by atoms with Gasteiger partial charge < -0.3 is 10.2 Å². The number of rotatable bonds is 10. The van der Waals surface area contributed by atoms with Crippen LogP contribution in [0.5, 0.6) is 0 Å². The van der Waals surface area contributed by atoms with Gasteiger partial charge in [-0.1, -0.05) is 44.9 Å². The fourth-order valence-electron chi connectivity index (χ4n) is 2.19. The van der Waals surface area contributed by atoms with Crippen molar-refractivity contribution in [1.29, 1.82) is 0 Å². The smallest absolute Gasteiger partial charge is 0.251 e. The number of unbranched alkanes of at least 4 members (excludes halogenated alkanes) is 2. The lowest BCUT2D eigenvalue weighted by molar-refractivity contribution is -0.131. The van der Waals surface area contributed by atoms with E-state index in [1.807, 2.05) is 23.1 Å². The van der Waals surface area contributed by atoms with E-state index in [9.17, 15) is 9.59 Å². The molecule has 0 fully saturated rings. The summed E-state index contributed by atoms with van der Waals surface area (Å²) < 4.78 is 0. The molecule has 1 N–H and O–H groups in total. The highest BCUT2D eigenvalue weighted by Crippen LogP contribution is 2.02. The molecule has 0 saturated carbocycles. The lowest BCUT2D eigenvalue weighted by Gasteiger charge is -2.22. The molecule has 0 atom stereocenters. The number of carbonyl (C=O) groups is 2. The van der Waals surface area contributed by atoms with E-state index in [0.717, 1.165) is 38.8 Å². The van der Waals surface area contributed by atoms with E-state index in [1.165, 1.54) is 0 Å². The minimum atomic E-state index is -0.123. The average molecular weight is 304 g/mol. The summed E-state index contributed by atoms with van der Waals surface area (Å²) in [5.74, 6) is 0.0114. The highest BCUT2D eigenvalue weighted by Gasteiger charge is 2.13. The summed E-state index contributed by atoms with van der Waals surface area (Å²) in [7, 11) is 0. The van der Waals surface area contributed by atoms with E-state index in [0.29, 0.717) is 18.5 Å². The van der Waals surface area contributed by atoms with Gasteiger partial charge in [0.15, 0.2) is 0 Å². The molecule has 0 aliphatic heterocycles. The molecule has 22 heavy (non-hydrogen) atoms. The van der Waals surface area contributed by atoms with Gasteiger partial charge in [-0.05, 0) is 25.0 Å². The van der Waals surface area contributed by atoms with Crippen LogP contribution in [0.25, 0.3) is 0 Å². The van der Waals surface area contributed by atoms with Gasteiger partial charge >= 0.3 is 0 Å². The molecule has 4 nitrogen and oxygen atoms in total. The van der Waals surface area contributed by atoms with Gasteiger partial charge in [-0.2, -0.15) is 0 Å². The van der Waals surface area contributed by atoms with Crippen LogP contribution in [0.1, 0.15) is 56.3 Å². The minimum Gasteiger partial charge on any atom is -0.352 e. The predicted octanol–water partition coefficient (Wildman–Crippen LogP) is 3.24. The molecule has 0 unspecified atom stereocenters. The Morgan fingerprint density at radius 3 is 2.14 bits per heavy atom. The summed E-state index contributed by atoms with van der Waals surface area (Å²) in [6.07, 6.45) is 4.60.